The molecule has 1 N–H and O–H groups in total. The smallest absolute Gasteiger partial charge is 0.291 e. The van der Waals surface area contributed by atoms with Gasteiger partial charge in [-0.25, -0.2) is 4.98 Å². The van der Waals surface area contributed by atoms with Gasteiger partial charge in [0.25, 0.3) is 17.7 Å². The molecule has 8 nitrogen and oxygen atoms in total. The van der Waals surface area contributed by atoms with E-state index >= 15 is 0 Å². The highest BCUT2D eigenvalue weighted by Gasteiger charge is 2.39. The number of unbranched alkanes of at least 4 members (excludes halogenated alkanes) is 2. The molecule has 0 fully saturated rings. The third-order valence-electron chi connectivity index (χ3n) is 7.59. The predicted molar refractivity (Wildman–Crippen MR) is 182 cm³/mol. The third-order valence-corrected chi connectivity index (χ3v) is 8.65. The number of nitrogens with zero attached hydrogens (tertiary/aromatic N) is 4. The van der Waals surface area contributed by atoms with Crippen molar-refractivity contribution in [3.8, 4) is 17.3 Å². The molecule has 0 saturated carbocycles. The summed E-state index contributed by atoms with van der Waals surface area (Å²) < 4.78 is 0. The highest BCUT2D eigenvalue weighted by Crippen LogP contribution is 2.39. The number of nitrogens with one attached hydrogen (secondary N) is 1. The summed E-state index contributed by atoms with van der Waals surface area (Å²) in [6.45, 7) is 6.03. The zero-order valence-corrected chi connectivity index (χ0v) is 26.7. The zero-order chi connectivity index (χ0) is 32.5. The zero-order valence-electron chi connectivity index (χ0n) is 25.9. The predicted octanol–water partition coefficient (Wildman–Crippen LogP) is 7.29. The molecule has 0 unspecified atom stereocenters. The van der Waals surface area contributed by atoms with E-state index in [1.165, 1.54) is 11.3 Å². The molecule has 5 rings (SSSR count). The second-order valence-corrected chi connectivity index (χ2v) is 11.8. The Morgan fingerprint density at radius 3 is 2.00 bits per heavy atom. The Kier molecular flexibility index (Phi) is 10.5. The van der Waals surface area contributed by atoms with Gasteiger partial charge < -0.3 is 4.90 Å². The molecule has 1 aromatic heterocycles. The van der Waals surface area contributed by atoms with Crippen molar-refractivity contribution in [1.82, 2.24) is 15.4 Å². The number of hydrogen-bond acceptors (Lipinski definition) is 7. The van der Waals surface area contributed by atoms with Crippen molar-refractivity contribution >= 4 is 45.8 Å². The van der Waals surface area contributed by atoms with Gasteiger partial charge in [-0.15, -0.1) is 0 Å². The fourth-order valence-corrected chi connectivity index (χ4v) is 6.24. The van der Waals surface area contributed by atoms with E-state index in [0.29, 0.717) is 21.1 Å². The molecule has 3 aromatic carbocycles. The number of imide groups is 1. The molecular weight excluding hydrogens is 595 g/mol. The number of hydrazine groups is 1. The number of amides is 3. The number of nitriles is 1. The number of thiazole rings is 1. The van der Waals surface area contributed by atoms with Crippen LogP contribution in [-0.4, -0.2) is 40.8 Å². The topological polar surface area (TPSA) is 106 Å². The Hall–Kier alpha value is -5.33. The molecular formula is C37H35N5O3S. The normalized spacial score (nSPS) is 14.0. The number of benzene rings is 3. The van der Waals surface area contributed by atoms with E-state index in [2.05, 4.69) is 24.2 Å². The first-order valence-electron chi connectivity index (χ1n) is 15.4. The molecule has 0 atom stereocenters. The summed E-state index contributed by atoms with van der Waals surface area (Å²) in [5.74, 6) is -2.28. The Morgan fingerprint density at radius 1 is 0.870 bits per heavy atom. The lowest BCUT2D eigenvalue weighted by molar-refractivity contribution is -0.142. The maximum atomic E-state index is 14.3. The standard InChI is InChI=1S/C37H35N5O3S/c1-3-5-22-41(23-6-4-2)37-39-33(27-18-12-8-13-19-27)31(46-37)24-29-32(26-16-10-7-11-17-26)30(25-38)36(45)42(35(29)44)40-34(43)28-20-14-9-15-21-28/h7-21,24H,3-6,22-23H2,1-2H3,(H,40,43)/b29-24+. The molecule has 0 aliphatic carbocycles. The number of rotatable bonds is 12. The second-order valence-electron chi connectivity index (χ2n) is 10.8. The summed E-state index contributed by atoms with van der Waals surface area (Å²) in [4.78, 5) is 49.1. The van der Waals surface area contributed by atoms with E-state index in [1.807, 2.05) is 42.5 Å². The maximum Gasteiger partial charge on any atom is 0.291 e. The summed E-state index contributed by atoms with van der Waals surface area (Å²) in [5, 5.41) is 11.8. The SMILES string of the molecule is CCCCN(CCCC)c1nc(-c2ccccc2)c(/C=C2/C(=O)N(NC(=O)c3ccccc3)C(=O)C(C#N)=C2c2ccccc2)s1. The molecule has 0 radical (unpaired) electrons. The van der Waals surface area contributed by atoms with E-state index in [-0.39, 0.29) is 22.3 Å². The van der Waals surface area contributed by atoms with Crippen LogP contribution in [0.2, 0.25) is 0 Å². The first-order chi connectivity index (χ1) is 22.5. The summed E-state index contributed by atoms with van der Waals surface area (Å²) in [7, 11) is 0. The molecule has 9 heteroatoms. The van der Waals surface area contributed by atoms with E-state index in [4.69, 9.17) is 4.98 Å². The monoisotopic (exact) mass is 629 g/mol. The Balaban J connectivity index is 1.69. The summed E-state index contributed by atoms with van der Waals surface area (Å²) in [5.41, 5.74) is 4.91. The number of anilines is 1. The van der Waals surface area contributed by atoms with Gasteiger partial charge in [0, 0.05) is 29.8 Å². The highest BCUT2D eigenvalue weighted by molar-refractivity contribution is 7.17. The van der Waals surface area contributed by atoms with Crippen molar-refractivity contribution in [2.24, 2.45) is 0 Å². The van der Waals surface area contributed by atoms with Crippen molar-refractivity contribution in [1.29, 1.82) is 5.26 Å². The van der Waals surface area contributed by atoms with Crippen molar-refractivity contribution in [2.75, 3.05) is 18.0 Å². The highest BCUT2D eigenvalue weighted by atomic mass is 32.1. The quantitative estimate of drug-likeness (QED) is 0.130. The first-order valence-corrected chi connectivity index (χ1v) is 16.3. The van der Waals surface area contributed by atoms with Crippen LogP contribution in [0.3, 0.4) is 0 Å². The fraction of sp³-hybridized carbons (Fsp3) is 0.216. The van der Waals surface area contributed by atoms with Crippen LogP contribution in [0.5, 0.6) is 0 Å². The van der Waals surface area contributed by atoms with Gasteiger partial charge in [-0.05, 0) is 36.6 Å². The Labute approximate surface area is 273 Å². The van der Waals surface area contributed by atoms with E-state index in [1.54, 1.807) is 60.7 Å². The minimum absolute atomic E-state index is 0.108. The van der Waals surface area contributed by atoms with E-state index < -0.39 is 17.7 Å². The minimum atomic E-state index is -0.897. The van der Waals surface area contributed by atoms with E-state index in [0.717, 1.165) is 49.5 Å². The minimum Gasteiger partial charge on any atom is -0.348 e. The number of hydrogen-bond donors (Lipinski definition) is 1. The average Bonchev–Trinajstić information content (AvgIpc) is 3.52. The van der Waals surface area contributed by atoms with Crippen LogP contribution in [0.15, 0.2) is 102 Å². The van der Waals surface area contributed by atoms with Gasteiger partial charge in [-0.3, -0.25) is 19.8 Å². The van der Waals surface area contributed by atoms with Crippen molar-refractivity contribution in [3.05, 3.63) is 118 Å². The molecule has 1 aliphatic heterocycles. The molecule has 0 bridgehead atoms. The molecule has 46 heavy (non-hydrogen) atoms. The lowest BCUT2D eigenvalue weighted by Crippen LogP contribution is -2.53. The van der Waals surface area contributed by atoms with Gasteiger partial charge in [0.15, 0.2) is 5.13 Å². The van der Waals surface area contributed by atoms with Gasteiger partial charge in [0.1, 0.15) is 11.6 Å². The summed E-state index contributed by atoms with van der Waals surface area (Å²) >= 11 is 1.47. The molecule has 232 valence electrons. The number of aromatic nitrogens is 1. The van der Waals surface area contributed by atoms with Crippen molar-refractivity contribution < 1.29 is 14.4 Å². The van der Waals surface area contributed by atoms with Crippen LogP contribution in [-0.2, 0) is 9.59 Å². The van der Waals surface area contributed by atoms with Crippen LogP contribution in [0, 0.1) is 11.3 Å². The Morgan fingerprint density at radius 2 is 1.43 bits per heavy atom. The summed E-state index contributed by atoms with van der Waals surface area (Å²) in [6, 6.07) is 29.0. The molecule has 0 spiro atoms. The van der Waals surface area contributed by atoms with Crippen molar-refractivity contribution in [3.63, 3.8) is 0 Å². The average molecular weight is 630 g/mol. The van der Waals surface area contributed by atoms with Crippen LogP contribution in [0.1, 0.15) is 60.3 Å². The number of carbonyl (C=O) groups excluding carboxylic acids is 3. The van der Waals surface area contributed by atoms with Crippen LogP contribution in [0.25, 0.3) is 22.9 Å². The fourth-order valence-electron chi connectivity index (χ4n) is 5.16. The van der Waals surface area contributed by atoms with Crippen LogP contribution >= 0.6 is 11.3 Å². The maximum absolute atomic E-state index is 14.3. The van der Waals surface area contributed by atoms with E-state index in [9.17, 15) is 19.6 Å². The van der Waals surface area contributed by atoms with Crippen LogP contribution in [0.4, 0.5) is 5.13 Å². The molecule has 2 heterocycles. The van der Waals surface area contributed by atoms with Gasteiger partial charge in [-0.1, -0.05) is 117 Å². The largest absolute Gasteiger partial charge is 0.348 e. The Bertz CT molecular complexity index is 1800. The van der Waals surface area contributed by atoms with Crippen LogP contribution < -0.4 is 10.3 Å². The molecule has 1 aliphatic rings. The molecule has 4 aromatic rings. The molecule has 3 amide bonds. The van der Waals surface area contributed by atoms with Gasteiger partial charge in [-0.2, -0.15) is 10.3 Å². The van der Waals surface area contributed by atoms with Gasteiger partial charge >= 0.3 is 0 Å². The third kappa shape index (κ3) is 6.98. The lowest BCUT2D eigenvalue weighted by atomic mass is 9.88. The van der Waals surface area contributed by atoms with Gasteiger partial charge in [0.2, 0.25) is 0 Å². The lowest BCUT2D eigenvalue weighted by Gasteiger charge is -2.28. The first kappa shape index (κ1) is 32.1. The molecule has 0 saturated heterocycles. The van der Waals surface area contributed by atoms with Crippen molar-refractivity contribution in [2.45, 2.75) is 39.5 Å². The van der Waals surface area contributed by atoms with Gasteiger partial charge in [0.05, 0.1) is 16.1 Å². The second kappa shape index (κ2) is 15.1. The number of carbonyl (C=O) groups is 3. The summed E-state index contributed by atoms with van der Waals surface area (Å²) in [6.07, 6.45) is 5.84.